The second-order valence-electron chi connectivity index (χ2n) is 5.05. The second kappa shape index (κ2) is 7.21. The number of anilines is 2. The molecule has 0 radical (unpaired) electrons. The van der Waals surface area contributed by atoms with Crippen LogP contribution >= 0.6 is 23.3 Å². The van der Waals surface area contributed by atoms with E-state index in [2.05, 4.69) is 48.4 Å². The van der Waals surface area contributed by atoms with Crippen molar-refractivity contribution in [1.29, 1.82) is 0 Å². The Hall–Kier alpha value is -0.460. The van der Waals surface area contributed by atoms with Crippen LogP contribution in [0.1, 0.15) is 13.8 Å². The monoisotopic (exact) mass is 288 g/mol. The van der Waals surface area contributed by atoms with Crippen LogP contribution in [-0.2, 0) is 0 Å². The van der Waals surface area contributed by atoms with Gasteiger partial charge in [0.1, 0.15) is 5.00 Å². The summed E-state index contributed by atoms with van der Waals surface area (Å²) in [5, 5.41) is 1.22. The number of nitrogen functional groups attached to an aromatic ring is 1. The Bertz CT molecular complexity index is 363. The van der Waals surface area contributed by atoms with E-state index >= 15 is 0 Å². The van der Waals surface area contributed by atoms with Gasteiger partial charge in [-0.3, -0.25) is 0 Å². The molecule has 4 nitrogen and oxygen atoms in total. The van der Waals surface area contributed by atoms with Crippen molar-refractivity contribution >= 4 is 34.1 Å². The molecule has 0 aliphatic carbocycles. The summed E-state index contributed by atoms with van der Waals surface area (Å²) in [7, 11) is 4.20. The maximum Gasteiger partial charge on any atom is 0.153 e. The first-order chi connectivity index (χ1) is 8.45. The van der Waals surface area contributed by atoms with E-state index < -0.39 is 0 Å². The number of thioether (sulfide) groups is 1. The maximum atomic E-state index is 5.92. The highest BCUT2D eigenvalue weighted by atomic mass is 32.2. The molecular formula is C12H24N4S2. The molecule has 0 saturated carbocycles. The zero-order chi connectivity index (χ0) is 13.7. The molecule has 0 spiro atoms. The van der Waals surface area contributed by atoms with Gasteiger partial charge in [0.15, 0.2) is 5.82 Å². The molecule has 18 heavy (non-hydrogen) atoms. The minimum absolute atomic E-state index is 0.630. The van der Waals surface area contributed by atoms with E-state index in [-0.39, 0.29) is 0 Å². The summed E-state index contributed by atoms with van der Waals surface area (Å²) in [5.74, 6) is 1.30. The Kier molecular flexibility index (Phi) is 6.25. The number of aromatic nitrogens is 1. The van der Waals surface area contributed by atoms with Gasteiger partial charge in [-0.25, -0.2) is 0 Å². The molecule has 0 amide bonds. The minimum Gasteiger partial charge on any atom is -0.382 e. The average Bonchev–Trinajstić information content (AvgIpc) is 2.64. The van der Waals surface area contributed by atoms with E-state index in [0.29, 0.717) is 11.7 Å². The van der Waals surface area contributed by atoms with Gasteiger partial charge in [0, 0.05) is 19.6 Å². The molecule has 0 bridgehead atoms. The molecule has 1 heterocycles. The van der Waals surface area contributed by atoms with Gasteiger partial charge < -0.3 is 15.5 Å². The van der Waals surface area contributed by atoms with Gasteiger partial charge in [0.05, 0.1) is 4.90 Å². The highest BCUT2D eigenvalue weighted by molar-refractivity contribution is 7.99. The standard InChI is InChI=1S/C12H24N4S2/c1-9(2)8-16(7-6-15(3)4)12-10(17-5)11(13)14-18-12/h9H,6-8H2,1-5H3,(H2,13,14). The van der Waals surface area contributed by atoms with E-state index in [1.54, 1.807) is 11.8 Å². The molecule has 2 N–H and O–H groups in total. The van der Waals surface area contributed by atoms with Gasteiger partial charge in [-0.15, -0.1) is 11.8 Å². The number of nitrogens with zero attached hydrogens (tertiary/aromatic N) is 3. The number of hydrogen-bond donors (Lipinski definition) is 1. The fourth-order valence-electron chi connectivity index (χ4n) is 1.72. The van der Waals surface area contributed by atoms with Crippen molar-refractivity contribution in [2.45, 2.75) is 18.7 Å². The first-order valence-corrected chi connectivity index (χ1v) is 8.14. The fraction of sp³-hybridized carbons (Fsp3) is 0.750. The van der Waals surface area contributed by atoms with Crippen molar-refractivity contribution in [3.8, 4) is 0 Å². The van der Waals surface area contributed by atoms with Crippen LogP contribution in [0.3, 0.4) is 0 Å². The molecule has 6 heteroatoms. The summed E-state index contributed by atoms with van der Waals surface area (Å²) in [6, 6.07) is 0. The van der Waals surface area contributed by atoms with E-state index in [9.17, 15) is 0 Å². The van der Waals surface area contributed by atoms with Crippen molar-refractivity contribution in [2.24, 2.45) is 5.92 Å². The van der Waals surface area contributed by atoms with Gasteiger partial charge in [-0.2, -0.15) is 4.37 Å². The molecule has 0 aliphatic heterocycles. The first-order valence-electron chi connectivity index (χ1n) is 6.14. The summed E-state index contributed by atoms with van der Waals surface area (Å²) in [6.07, 6.45) is 2.06. The van der Waals surface area contributed by atoms with Gasteiger partial charge in [0.2, 0.25) is 0 Å². The van der Waals surface area contributed by atoms with Crippen molar-refractivity contribution < 1.29 is 0 Å². The van der Waals surface area contributed by atoms with Crippen LogP contribution in [0.4, 0.5) is 10.8 Å². The maximum absolute atomic E-state index is 5.92. The SMILES string of the molecule is CSc1c(N)nsc1N(CCN(C)C)CC(C)C. The summed E-state index contributed by atoms with van der Waals surface area (Å²) < 4.78 is 4.29. The van der Waals surface area contributed by atoms with Crippen LogP contribution in [0, 0.1) is 5.92 Å². The molecule has 0 fully saturated rings. The zero-order valence-corrected chi connectivity index (χ0v) is 13.6. The molecule has 0 aromatic carbocycles. The van der Waals surface area contributed by atoms with E-state index in [1.807, 2.05) is 0 Å². The summed E-state index contributed by atoms with van der Waals surface area (Å²) >= 11 is 3.20. The van der Waals surface area contributed by atoms with E-state index in [0.717, 1.165) is 24.5 Å². The molecule has 0 aliphatic rings. The highest BCUT2D eigenvalue weighted by Crippen LogP contribution is 2.37. The van der Waals surface area contributed by atoms with Crippen LogP contribution in [0.25, 0.3) is 0 Å². The number of likely N-dealkylation sites (N-methyl/N-ethyl adjacent to an activating group) is 1. The van der Waals surface area contributed by atoms with Crippen LogP contribution in [0.2, 0.25) is 0 Å². The lowest BCUT2D eigenvalue weighted by atomic mass is 10.2. The van der Waals surface area contributed by atoms with Crippen molar-refractivity contribution in [2.75, 3.05) is 50.6 Å². The number of nitrogens with two attached hydrogens (primary N) is 1. The third kappa shape index (κ3) is 4.33. The molecule has 1 aromatic heterocycles. The zero-order valence-electron chi connectivity index (χ0n) is 11.9. The van der Waals surface area contributed by atoms with Crippen LogP contribution < -0.4 is 10.6 Å². The van der Waals surface area contributed by atoms with Crippen LogP contribution in [-0.4, -0.2) is 49.3 Å². The number of rotatable bonds is 7. The lowest BCUT2D eigenvalue weighted by Gasteiger charge is -2.27. The Morgan fingerprint density at radius 3 is 2.50 bits per heavy atom. The Morgan fingerprint density at radius 2 is 2.00 bits per heavy atom. The van der Waals surface area contributed by atoms with Gasteiger partial charge in [-0.1, -0.05) is 13.8 Å². The third-order valence-electron chi connectivity index (χ3n) is 2.55. The fourth-order valence-corrected chi connectivity index (χ4v) is 3.44. The van der Waals surface area contributed by atoms with Gasteiger partial charge >= 0.3 is 0 Å². The summed E-state index contributed by atoms with van der Waals surface area (Å²) in [4.78, 5) is 5.74. The normalized spacial score (nSPS) is 11.5. The largest absolute Gasteiger partial charge is 0.382 e. The quantitative estimate of drug-likeness (QED) is 0.781. The van der Waals surface area contributed by atoms with Gasteiger partial charge in [0.25, 0.3) is 0 Å². The predicted octanol–water partition coefficient (Wildman–Crippen LogP) is 2.47. The van der Waals surface area contributed by atoms with E-state index in [1.165, 1.54) is 16.5 Å². The lowest BCUT2D eigenvalue weighted by molar-refractivity contribution is 0.409. The smallest absolute Gasteiger partial charge is 0.153 e. The van der Waals surface area contributed by atoms with Crippen molar-refractivity contribution in [3.63, 3.8) is 0 Å². The molecule has 0 atom stereocenters. The molecule has 1 rings (SSSR count). The first kappa shape index (κ1) is 15.6. The Balaban J connectivity index is 2.86. The topological polar surface area (TPSA) is 45.4 Å². The molecule has 1 aromatic rings. The Labute approximate surface area is 119 Å². The van der Waals surface area contributed by atoms with Crippen molar-refractivity contribution in [3.05, 3.63) is 0 Å². The second-order valence-corrected chi connectivity index (χ2v) is 6.62. The third-order valence-corrected chi connectivity index (χ3v) is 4.41. The summed E-state index contributed by atoms with van der Waals surface area (Å²) in [5.41, 5.74) is 5.92. The molecule has 0 unspecified atom stereocenters. The number of hydrogen-bond acceptors (Lipinski definition) is 6. The summed E-state index contributed by atoms with van der Waals surface area (Å²) in [6.45, 7) is 7.58. The molecule has 0 saturated heterocycles. The lowest BCUT2D eigenvalue weighted by Crippen LogP contribution is -2.34. The Morgan fingerprint density at radius 1 is 1.33 bits per heavy atom. The van der Waals surface area contributed by atoms with Gasteiger partial charge in [-0.05, 0) is 37.8 Å². The highest BCUT2D eigenvalue weighted by Gasteiger charge is 2.18. The van der Waals surface area contributed by atoms with Crippen LogP contribution in [0.15, 0.2) is 4.90 Å². The molecular weight excluding hydrogens is 264 g/mol. The molecule has 104 valence electrons. The average molecular weight is 288 g/mol. The van der Waals surface area contributed by atoms with Crippen LogP contribution in [0.5, 0.6) is 0 Å². The minimum atomic E-state index is 0.630. The predicted molar refractivity (Wildman–Crippen MR) is 83.9 cm³/mol. The van der Waals surface area contributed by atoms with E-state index in [4.69, 9.17) is 5.73 Å². The van der Waals surface area contributed by atoms with Crippen molar-refractivity contribution in [1.82, 2.24) is 9.27 Å².